The van der Waals surface area contributed by atoms with E-state index in [1.165, 1.54) is 17.4 Å². The Morgan fingerprint density at radius 1 is 0.857 bits per heavy atom. The lowest BCUT2D eigenvalue weighted by Gasteiger charge is -2.09. The van der Waals surface area contributed by atoms with E-state index in [9.17, 15) is 4.39 Å². The number of para-hydroxylation sites is 1. The van der Waals surface area contributed by atoms with Crippen molar-refractivity contribution in [1.29, 1.82) is 0 Å². The number of anilines is 4. The molecule has 2 heterocycles. The van der Waals surface area contributed by atoms with Gasteiger partial charge in [0.15, 0.2) is 15.8 Å². The zero-order valence-electron chi connectivity index (χ0n) is 16.1. The van der Waals surface area contributed by atoms with Gasteiger partial charge in [0.05, 0.1) is 0 Å². The summed E-state index contributed by atoms with van der Waals surface area (Å²) >= 11 is 1.47. The maximum Gasteiger partial charge on any atom is 0.189 e. The van der Waals surface area contributed by atoms with Gasteiger partial charge in [0.1, 0.15) is 17.2 Å². The number of thiazole rings is 1. The molecule has 2 aromatic carbocycles. The normalized spacial score (nSPS) is 11.0. The molecule has 28 heavy (non-hydrogen) atoms. The molecule has 5 nitrogen and oxygen atoms in total. The Hall–Kier alpha value is -3.06. The van der Waals surface area contributed by atoms with Gasteiger partial charge in [0.25, 0.3) is 0 Å². The van der Waals surface area contributed by atoms with E-state index in [0.29, 0.717) is 28.4 Å². The van der Waals surface area contributed by atoms with Crippen molar-refractivity contribution in [2.45, 2.75) is 27.7 Å². The summed E-state index contributed by atoms with van der Waals surface area (Å²) in [7, 11) is 0. The van der Waals surface area contributed by atoms with Crippen LogP contribution in [0.2, 0.25) is 0 Å². The molecule has 0 fully saturated rings. The third kappa shape index (κ3) is 3.53. The number of fused-ring (bicyclic) bond motifs is 1. The van der Waals surface area contributed by atoms with Crippen LogP contribution in [0.3, 0.4) is 0 Å². The van der Waals surface area contributed by atoms with E-state index in [2.05, 4.69) is 46.6 Å². The molecule has 7 heteroatoms. The van der Waals surface area contributed by atoms with Crippen LogP contribution >= 0.6 is 11.3 Å². The second-order valence-electron chi connectivity index (χ2n) is 6.77. The molecular formula is C21H20FN5S. The van der Waals surface area contributed by atoms with E-state index < -0.39 is 0 Å². The Kier molecular flexibility index (Phi) is 4.68. The maximum atomic E-state index is 13.9. The van der Waals surface area contributed by atoms with Crippen molar-refractivity contribution in [2.24, 2.45) is 0 Å². The van der Waals surface area contributed by atoms with Crippen LogP contribution in [0.15, 0.2) is 36.4 Å². The van der Waals surface area contributed by atoms with Gasteiger partial charge in [-0.1, -0.05) is 35.6 Å². The molecule has 0 spiro atoms. The van der Waals surface area contributed by atoms with Crippen LogP contribution < -0.4 is 10.6 Å². The van der Waals surface area contributed by atoms with Crippen LogP contribution in [0.4, 0.5) is 26.7 Å². The summed E-state index contributed by atoms with van der Waals surface area (Å²) in [4.78, 5) is 14.5. The fraction of sp³-hybridized carbons (Fsp3) is 0.190. The van der Waals surface area contributed by atoms with Crippen molar-refractivity contribution in [3.05, 3.63) is 64.7 Å². The molecule has 4 rings (SSSR count). The first kappa shape index (κ1) is 18.3. The van der Waals surface area contributed by atoms with Crippen LogP contribution in [0.5, 0.6) is 0 Å². The van der Waals surface area contributed by atoms with Gasteiger partial charge in [0.2, 0.25) is 0 Å². The first-order valence-electron chi connectivity index (χ1n) is 8.92. The van der Waals surface area contributed by atoms with Gasteiger partial charge in [-0.15, -0.1) is 0 Å². The molecule has 0 bridgehead atoms. The molecule has 0 saturated heterocycles. The zero-order chi connectivity index (χ0) is 19.8. The molecule has 0 aliphatic heterocycles. The number of benzene rings is 2. The van der Waals surface area contributed by atoms with E-state index in [4.69, 9.17) is 4.98 Å². The number of nitrogens with one attached hydrogen (secondary N) is 2. The minimum atomic E-state index is -0.261. The highest BCUT2D eigenvalue weighted by Crippen LogP contribution is 2.33. The van der Waals surface area contributed by atoms with Gasteiger partial charge in [-0.05, 0) is 56.5 Å². The smallest absolute Gasteiger partial charge is 0.189 e. The quantitative estimate of drug-likeness (QED) is 0.449. The Morgan fingerprint density at radius 2 is 1.61 bits per heavy atom. The maximum absolute atomic E-state index is 13.9. The average molecular weight is 393 g/mol. The molecule has 0 atom stereocenters. The Bertz CT molecular complexity index is 1160. The molecular weight excluding hydrogens is 373 g/mol. The van der Waals surface area contributed by atoms with E-state index in [1.807, 2.05) is 19.1 Å². The molecule has 142 valence electrons. The predicted octanol–water partition coefficient (Wildman–Crippen LogP) is 5.95. The Morgan fingerprint density at radius 3 is 2.32 bits per heavy atom. The van der Waals surface area contributed by atoms with Crippen molar-refractivity contribution in [1.82, 2.24) is 15.0 Å². The van der Waals surface area contributed by atoms with Crippen molar-refractivity contribution < 1.29 is 4.39 Å². The summed E-state index contributed by atoms with van der Waals surface area (Å²) in [5.74, 6) is 0.934. The summed E-state index contributed by atoms with van der Waals surface area (Å²) in [5.41, 5.74) is 5.22. The number of aromatic nitrogens is 3. The van der Waals surface area contributed by atoms with Crippen LogP contribution in [0, 0.1) is 33.5 Å². The molecule has 0 saturated carbocycles. The topological polar surface area (TPSA) is 62.7 Å². The van der Waals surface area contributed by atoms with Crippen LogP contribution in [0.1, 0.15) is 22.5 Å². The van der Waals surface area contributed by atoms with Crippen molar-refractivity contribution >= 4 is 44.0 Å². The molecule has 0 radical (unpaired) electrons. The first-order valence-corrected chi connectivity index (χ1v) is 9.74. The summed E-state index contributed by atoms with van der Waals surface area (Å²) < 4.78 is 13.9. The number of nitrogens with zero attached hydrogens (tertiary/aromatic N) is 3. The van der Waals surface area contributed by atoms with Crippen LogP contribution in [0.25, 0.3) is 10.3 Å². The lowest BCUT2D eigenvalue weighted by molar-refractivity contribution is 0.619. The third-order valence-corrected chi connectivity index (χ3v) is 5.38. The lowest BCUT2D eigenvalue weighted by atomic mass is 10.1. The largest absolute Gasteiger partial charge is 0.338 e. The molecule has 0 unspecified atom stereocenters. The summed E-state index contributed by atoms with van der Waals surface area (Å²) in [6.07, 6.45) is 0. The van der Waals surface area contributed by atoms with Crippen LogP contribution in [-0.2, 0) is 0 Å². The standard InChI is InChI=1S/C21H20FN5S/c1-11-8-9-15(10-16(11)22)25-19-18-20(24-14(4)23-19)28-21(27-18)26-17-12(2)6-5-7-13(17)3/h5-10H,1-4H3,(H,26,27)(H,23,24,25). The average Bonchev–Trinajstić information content (AvgIpc) is 3.04. The Labute approximate surface area is 166 Å². The lowest BCUT2D eigenvalue weighted by Crippen LogP contribution is -1.99. The third-order valence-electron chi connectivity index (χ3n) is 4.52. The number of hydrogen-bond acceptors (Lipinski definition) is 6. The van der Waals surface area contributed by atoms with Gasteiger partial charge >= 0.3 is 0 Å². The molecule has 2 aromatic heterocycles. The second kappa shape index (κ2) is 7.16. The fourth-order valence-electron chi connectivity index (χ4n) is 3.00. The fourth-order valence-corrected chi connectivity index (χ4v) is 3.89. The number of rotatable bonds is 4. The zero-order valence-corrected chi connectivity index (χ0v) is 16.9. The minimum Gasteiger partial charge on any atom is -0.338 e. The molecule has 0 aliphatic rings. The highest BCUT2D eigenvalue weighted by atomic mass is 32.1. The van der Waals surface area contributed by atoms with Gasteiger partial charge in [-0.2, -0.15) is 0 Å². The van der Waals surface area contributed by atoms with E-state index in [1.54, 1.807) is 13.0 Å². The molecule has 2 N–H and O–H groups in total. The van der Waals surface area contributed by atoms with Crippen LogP contribution in [-0.4, -0.2) is 15.0 Å². The first-order chi connectivity index (χ1) is 13.4. The van der Waals surface area contributed by atoms with E-state index in [0.717, 1.165) is 26.8 Å². The number of halogens is 1. The monoisotopic (exact) mass is 393 g/mol. The van der Waals surface area contributed by atoms with Crippen molar-refractivity contribution in [3.8, 4) is 0 Å². The van der Waals surface area contributed by atoms with E-state index >= 15 is 0 Å². The molecule has 0 aliphatic carbocycles. The summed E-state index contributed by atoms with van der Waals surface area (Å²) in [6.45, 7) is 7.69. The second-order valence-corrected chi connectivity index (χ2v) is 7.75. The molecule has 0 amide bonds. The van der Waals surface area contributed by atoms with E-state index in [-0.39, 0.29) is 5.82 Å². The van der Waals surface area contributed by atoms with Crippen molar-refractivity contribution in [2.75, 3.05) is 10.6 Å². The summed E-state index contributed by atoms with van der Waals surface area (Å²) in [5, 5.41) is 7.33. The Balaban J connectivity index is 1.73. The van der Waals surface area contributed by atoms with Gasteiger partial charge in [-0.3, -0.25) is 0 Å². The number of aryl methyl sites for hydroxylation is 4. The van der Waals surface area contributed by atoms with Crippen molar-refractivity contribution in [3.63, 3.8) is 0 Å². The molecule has 4 aromatic rings. The van der Waals surface area contributed by atoms with Gasteiger partial charge < -0.3 is 10.6 Å². The minimum absolute atomic E-state index is 0.261. The van der Waals surface area contributed by atoms with Gasteiger partial charge in [0, 0.05) is 11.4 Å². The number of hydrogen-bond donors (Lipinski definition) is 2. The summed E-state index contributed by atoms with van der Waals surface area (Å²) in [6, 6.07) is 11.2. The predicted molar refractivity (Wildman–Crippen MR) is 114 cm³/mol. The highest BCUT2D eigenvalue weighted by molar-refractivity contribution is 7.21. The SMILES string of the molecule is Cc1nc(Nc2ccc(C)c(F)c2)c2nc(Nc3c(C)cccc3C)sc2n1. The van der Waals surface area contributed by atoms with Gasteiger partial charge in [-0.25, -0.2) is 19.3 Å². The highest BCUT2D eigenvalue weighted by Gasteiger charge is 2.14.